The van der Waals surface area contributed by atoms with E-state index in [4.69, 9.17) is 0 Å². The first-order valence-electron chi connectivity index (χ1n) is 7.76. The summed E-state index contributed by atoms with van der Waals surface area (Å²) >= 11 is 0. The van der Waals surface area contributed by atoms with Gasteiger partial charge in [-0.1, -0.05) is 26.8 Å². The summed E-state index contributed by atoms with van der Waals surface area (Å²) in [5, 5.41) is 16.1. The number of hydrogen-bond donors (Lipinski definition) is 1. The fourth-order valence-electron chi connectivity index (χ4n) is 2.69. The number of anilines is 1. The van der Waals surface area contributed by atoms with Crippen LogP contribution in [-0.2, 0) is 0 Å². The quantitative estimate of drug-likeness (QED) is 0.799. The van der Waals surface area contributed by atoms with Crippen molar-refractivity contribution in [2.24, 2.45) is 5.41 Å². The number of nitrogens with zero attached hydrogens (tertiary/aromatic N) is 5. The molecule has 23 heavy (non-hydrogen) atoms. The summed E-state index contributed by atoms with van der Waals surface area (Å²) in [6.45, 7) is 8.68. The molecule has 3 rings (SSSR count). The molecule has 3 aromatic heterocycles. The topological polar surface area (TPSA) is 68.0 Å². The van der Waals surface area contributed by atoms with Gasteiger partial charge in [-0.05, 0) is 36.5 Å². The first-order chi connectivity index (χ1) is 10.9. The van der Waals surface area contributed by atoms with Crippen molar-refractivity contribution in [3.05, 3.63) is 48.2 Å². The Labute approximate surface area is 136 Å². The Morgan fingerprint density at radius 1 is 1.30 bits per heavy atom. The van der Waals surface area contributed by atoms with E-state index >= 15 is 0 Å². The van der Waals surface area contributed by atoms with Crippen molar-refractivity contribution >= 4 is 11.3 Å². The van der Waals surface area contributed by atoms with Gasteiger partial charge in [0.05, 0.1) is 17.4 Å². The first kappa shape index (κ1) is 15.4. The number of aromatic nitrogens is 5. The van der Waals surface area contributed by atoms with Gasteiger partial charge < -0.3 is 5.32 Å². The Kier molecular flexibility index (Phi) is 3.98. The SMILES string of the molecule is Cc1cc(NC(CC(C)(C)C)c2cccnc2)c2nncn2n1. The average Bonchev–Trinajstić information content (AvgIpc) is 2.94. The highest BCUT2D eigenvalue weighted by Gasteiger charge is 2.21. The third kappa shape index (κ3) is 3.64. The minimum Gasteiger partial charge on any atom is -0.375 e. The van der Waals surface area contributed by atoms with E-state index in [1.54, 1.807) is 17.0 Å². The van der Waals surface area contributed by atoms with Crippen LogP contribution in [0.3, 0.4) is 0 Å². The molecule has 0 aliphatic rings. The third-order valence-corrected chi connectivity index (χ3v) is 3.62. The Morgan fingerprint density at radius 2 is 2.13 bits per heavy atom. The Morgan fingerprint density at radius 3 is 2.83 bits per heavy atom. The van der Waals surface area contributed by atoms with Crippen LogP contribution in [0.25, 0.3) is 5.65 Å². The van der Waals surface area contributed by atoms with E-state index in [0.29, 0.717) is 0 Å². The van der Waals surface area contributed by atoms with Gasteiger partial charge in [0.2, 0.25) is 5.65 Å². The van der Waals surface area contributed by atoms with Crippen LogP contribution >= 0.6 is 0 Å². The summed E-state index contributed by atoms with van der Waals surface area (Å²) in [6.07, 6.45) is 6.31. The summed E-state index contributed by atoms with van der Waals surface area (Å²) in [6, 6.07) is 6.23. The molecule has 6 nitrogen and oxygen atoms in total. The zero-order chi connectivity index (χ0) is 16.4. The summed E-state index contributed by atoms with van der Waals surface area (Å²) < 4.78 is 1.70. The Balaban J connectivity index is 1.98. The summed E-state index contributed by atoms with van der Waals surface area (Å²) in [5.41, 5.74) is 3.93. The van der Waals surface area contributed by atoms with Crippen molar-refractivity contribution in [1.29, 1.82) is 0 Å². The van der Waals surface area contributed by atoms with Gasteiger partial charge in [-0.15, -0.1) is 10.2 Å². The van der Waals surface area contributed by atoms with Gasteiger partial charge in [0.15, 0.2) is 0 Å². The monoisotopic (exact) mass is 310 g/mol. The van der Waals surface area contributed by atoms with E-state index in [0.717, 1.165) is 29.0 Å². The van der Waals surface area contributed by atoms with Crippen LogP contribution in [0.15, 0.2) is 36.9 Å². The summed E-state index contributed by atoms with van der Waals surface area (Å²) in [5.74, 6) is 0. The van der Waals surface area contributed by atoms with E-state index in [1.165, 1.54) is 0 Å². The lowest BCUT2D eigenvalue weighted by atomic mass is 9.85. The normalized spacial score (nSPS) is 13.2. The molecule has 3 aromatic rings. The molecule has 0 radical (unpaired) electrons. The molecule has 0 spiro atoms. The molecule has 0 aliphatic heterocycles. The molecular formula is C17H22N6. The van der Waals surface area contributed by atoms with E-state index in [-0.39, 0.29) is 11.5 Å². The van der Waals surface area contributed by atoms with Crippen molar-refractivity contribution in [1.82, 2.24) is 24.8 Å². The van der Waals surface area contributed by atoms with E-state index in [2.05, 4.69) is 52.4 Å². The number of nitrogens with one attached hydrogen (secondary N) is 1. The minimum atomic E-state index is 0.144. The smallest absolute Gasteiger partial charge is 0.200 e. The fourth-order valence-corrected chi connectivity index (χ4v) is 2.69. The molecule has 0 aliphatic carbocycles. The molecule has 6 heteroatoms. The van der Waals surface area contributed by atoms with Crippen molar-refractivity contribution in [2.75, 3.05) is 5.32 Å². The highest BCUT2D eigenvalue weighted by molar-refractivity contribution is 5.67. The Hall–Kier alpha value is -2.50. The van der Waals surface area contributed by atoms with Gasteiger partial charge in [-0.3, -0.25) is 4.98 Å². The van der Waals surface area contributed by atoms with Gasteiger partial charge in [-0.25, -0.2) is 0 Å². The van der Waals surface area contributed by atoms with Crippen molar-refractivity contribution in [2.45, 2.75) is 40.2 Å². The van der Waals surface area contributed by atoms with E-state index < -0.39 is 0 Å². The maximum Gasteiger partial charge on any atom is 0.200 e. The zero-order valence-electron chi connectivity index (χ0n) is 14.0. The second-order valence-corrected chi connectivity index (χ2v) is 7.05. The molecule has 3 heterocycles. The van der Waals surface area contributed by atoms with Gasteiger partial charge in [0, 0.05) is 12.4 Å². The lowest BCUT2D eigenvalue weighted by Crippen LogP contribution is -2.19. The molecule has 0 amide bonds. The molecule has 0 saturated heterocycles. The third-order valence-electron chi connectivity index (χ3n) is 3.62. The van der Waals surface area contributed by atoms with Crippen molar-refractivity contribution in [3.63, 3.8) is 0 Å². The first-order valence-corrected chi connectivity index (χ1v) is 7.76. The van der Waals surface area contributed by atoms with E-state index in [1.807, 2.05) is 25.3 Å². The molecule has 1 atom stereocenters. The fraction of sp³-hybridized carbons (Fsp3) is 0.412. The molecule has 1 N–H and O–H groups in total. The largest absolute Gasteiger partial charge is 0.375 e. The summed E-state index contributed by atoms with van der Waals surface area (Å²) in [4.78, 5) is 4.26. The lowest BCUT2D eigenvalue weighted by Gasteiger charge is -2.28. The molecular weight excluding hydrogens is 288 g/mol. The van der Waals surface area contributed by atoms with Gasteiger partial charge >= 0.3 is 0 Å². The van der Waals surface area contributed by atoms with Gasteiger partial charge in [0.25, 0.3) is 0 Å². The number of rotatable bonds is 4. The molecule has 120 valence electrons. The highest BCUT2D eigenvalue weighted by atomic mass is 15.3. The predicted octanol–water partition coefficient (Wildman–Crippen LogP) is 3.42. The Bertz CT molecular complexity index is 788. The van der Waals surface area contributed by atoms with E-state index in [9.17, 15) is 0 Å². The van der Waals surface area contributed by atoms with Gasteiger partial charge in [0.1, 0.15) is 6.33 Å². The van der Waals surface area contributed by atoms with Crippen LogP contribution in [0.2, 0.25) is 0 Å². The predicted molar refractivity (Wildman–Crippen MR) is 90.2 cm³/mol. The number of hydrogen-bond acceptors (Lipinski definition) is 5. The number of pyridine rings is 1. The molecule has 0 saturated carbocycles. The van der Waals surface area contributed by atoms with Crippen LogP contribution in [0.5, 0.6) is 0 Å². The molecule has 1 unspecified atom stereocenters. The minimum absolute atomic E-state index is 0.144. The maximum atomic E-state index is 4.39. The standard InChI is InChI=1S/C17H22N6/c1-12-8-14(16-21-19-11-23(16)22-12)20-15(9-17(2,3)4)13-6-5-7-18-10-13/h5-8,10-11,15,20H,9H2,1-4H3. The maximum absolute atomic E-state index is 4.39. The van der Waals surface area contributed by atoms with Crippen LogP contribution in [0.1, 0.15) is 44.5 Å². The number of fused-ring (bicyclic) bond motifs is 1. The van der Waals surface area contributed by atoms with Gasteiger partial charge in [-0.2, -0.15) is 9.61 Å². The molecule has 0 aromatic carbocycles. The van der Waals surface area contributed by atoms with Crippen LogP contribution in [-0.4, -0.2) is 24.8 Å². The number of aryl methyl sites for hydroxylation is 1. The summed E-state index contributed by atoms with van der Waals surface area (Å²) in [7, 11) is 0. The van der Waals surface area contributed by atoms with Crippen molar-refractivity contribution in [3.8, 4) is 0 Å². The second-order valence-electron chi connectivity index (χ2n) is 7.05. The molecule has 0 fully saturated rings. The molecule has 0 bridgehead atoms. The van der Waals surface area contributed by atoms with Crippen LogP contribution in [0.4, 0.5) is 5.69 Å². The van der Waals surface area contributed by atoms with Crippen molar-refractivity contribution < 1.29 is 0 Å². The lowest BCUT2D eigenvalue weighted by molar-refractivity contribution is 0.352. The highest BCUT2D eigenvalue weighted by Crippen LogP contribution is 2.32. The second kappa shape index (κ2) is 5.95. The van der Waals surface area contributed by atoms with Crippen LogP contribution < -0.4 is 5.32 Å². The average molecular weight is 310 g/mol. The van der Waals surface area contributed by atoms with Crippen LogP contribution in [0, 0.1) is 12.3 Å². The zero-order valence-corrected chi connectivity index (χ0v) is 14.0.